The lowest BCUT2D eigenvalue weighted by molar-refractivity contribution is 0.145. The highest BCUT2D eigenvalue weighted by Crippen LogP contribution is 2.45. The number of ether oxygens (including phenoxy) is 2. The van der Waals surface area contributed by atoms with Gasteiger partial charge in [0.2, 0.25) is 0 Å². The summed E-state index contributed by atoms with van der Waals surface area (Å²) >= 11 is 0. The molecule has 1 fully saturated rings. The fraction of sp³-hybridized carbons (Fsp3) is 0.632. The summed E-state index contributed by atoms with van der Waals surface area (Å²) in [6.07, 6.45) is 3.15. The molecule has 7 nitrogen and oxygen atoms in total. The van der Waals surface area contributed by atoms with Crippen molar-refractivity contribution in [3.8, 4) is 5.75 Å². The predicted molar refractivity (Wildman–Crippen MR) is 108 cm³/mol. The molecule has 1 saturated carbocycles. The molecule has 0 unspecified atom stereocenters. The highest BCUT2D eigenvalue weighted by Gasteiger charge is 2.45. The van der Waals surface area contributed by atoms with Gasteiger partial charge in [-0.3, -0.25) is 4.99 Å². The Morgan fingerprint density at radius 3 is 2.59 bits per heavy atom. The molecule has 1 aromatic carbocycles. The Hall–Kier alpha value is -1.80. The molecule has 1 aliphatic carbocycles. The van der Waals surface area contributed by atoms with Gasteiger partial charge in [-0.05, 0) is 31.4 Å². The highest BCUT2D eigenvalue weighted by molar-refractivity contribution is 7.90. The normalized spacial score (nSPS) is 16.1. The lowest BCUT2D eigenvalue weighted by Gasteiger charge is -2.19. The van der Waals surface area contributed by atoms with Crippen LogP contribution in [0.15, 0.2) is 23.2 Å². The van der Waals surface area contributed by atoms with Crippen LogP contribution in [0.2, 0.25) is 0 Å². The number of methoxy groups -OCH3 is 1. The molecule has 0 saturated heterocycles. The Balaban J connectivity index is 1.90. The SMILES string of the molecule is CN=C(NCc1ccc(C)cc1OCCOC)NCC1(CS(C)(=O)=O)CC1. The average molecular weight is 398 g/mol. The van der Waals surface area contributed by atoms with E-state index in [2.05, 4.69) is 15.6 Å². The molecule has 0 heterocycles. The van der Waals surface area contributed by atoms with Crippen LogP contribution in [0.25, 0.3) is 0 Å². The molecular formula is C19H31N3O4S. The summed E-state index contributed by atoms with van der Waals surface area (Å²) in [5, 5.41) is 6.54. The molecule has 1 aliphatic rings. The first kappa shape index (κ1) is 21.5. The minimum absolute atomic E-state index is 0.149. The number of nitrogens with zero attached hydrogens (tertiary/aromatic N) is 1. The quantitative estimate of drug-likeness (QED) is 0.353. The van der Waals surface area contributed by atoms with Gasteiger partial charge in [0.05, 0.1) is 12.4 Å². The Labute approximate surface area is 162 Å². The molecule has 0 radical (unpaired) electrons. The summed E-state index contributed by atoms with van der Waals surface area (Å²) in [4.78, 5) is 4.24. The third-order valence-corrected chi connectivity index (χ3v) is 5.73. The van der Waals surface area contributed by atoms with Crippen LogP contribution in [0.5, 0.6) is 5.75 Å². The number of guanidine groups is 1. The number of hydrogen-bond acceptors (Lipinski definition) is 5. The topological polar surface area (TPSA) is 89.0 Å². The summed E-state index contributed by atoms with van der Waals surface area (Å²) in [6.45, 7) is 4.21. The largest absolute Gasteiger partial charge is 0.491 e. The third-order valence-electron chi connectivity index (χ3n) is 4.59. The molecule has 0 atom stereocenters. The second kappa shape index (κ2) is 9.41. The van der Waals surface area contributed by atoms with Crippen LogP contribution in [-0.4, -0.2) is 60.3 Å². The molecule has 0 spiro atoms. The minimum atomic E-state index is -2.98. The van der Waals surface area contributed by atoms with Crippen molar-refractivity contribution in [2.75, 3.05) is 45.9 Å². The number of benzene rings is 1. The van der Waals surface area contributed by atoms with Gasteiger partial charge in [0, 0.05) is 44.5 Å². The number of hydrogen-bond donors (Lipinski definition) is 2. The molecule has 0 aliphatic heterocycles. The summed E-state index contributed by atoms with van der Waals surface area (Å²) in [5.74, 6) is 1.70. The first-order valence-corrected chi connectivity index (χ1v) is 11.2. The molecule has 0 bridgehead atoms. The fourth-order valence-corrected chi connectivity index (χ4v) is 4.46. The van der Waals surface area contributed by atoms with E-state index in [9.17, 15) is 8.42 Å². The van der Waals surface area contributed by atoms with E-state index < -0.39 is 9.84 Å². The number of aryl methyl sites for hydroxylation is 1. The second-order valence-electron chi connectivity index (χ2n) is 7.30. The van der Waals surface area contributed by atoms with E-state index in [0.717, 1.165) is 29.7 Å². The molecule has 27 heavy (non-hydrogen) atoms. The molecule has 8 heteroatoms. The van der Waals surface area contributed by atoms with E-state index in [4.69, 9.17) is 9.47 Å². The van der Waals surface area contributed by atoms with Crippen molar-refractivity contribution in [3.05, 3.63) is 29.3 Å². The predicted octanol–water partition coefficient (Wildman–Crippen LogP) is 1.51. The first-order chi connectivity index (χ1) is 12.8. The van der Waals surface area contributed by atoms with Gasteiger partial charge in [-0.15, -0.1) is 0 Å². The van der Waals surface area contributed by atoms with Gasteiger partial charge in [0.25, 0.3) is 0 Å². The maximum absolute atomic E-state index is 11.6. The van der Waals surface area contributed by atoms with Crippen LogP contribution in [0, 0.1) is 12.3 Å². The van der Waals surface area contributed by atoms with Crippen molar-refractivity contribution in [1.29, 1.82) is 0 Å². The molecule has 1 aromatic rings. The fourth-order valence-electron chi connectivity index (χ4n) is 2.95. The van der Waals surface area contributed by atoms with Crippen molar-refractivity contribution in [2.24, 2.45) is 10.4 Å². The van der Waals surface area contributed by atoms with E-state index in [-0.39, 0.29) is 11.2 Å². The Morgan fingerprint density at radius 2 is 2.00 bits per heavy atom. The summed E-state index contributed by atoms with van der Waals surface area (Å²) < 4.78 is 34.0. The standard InChI is InChI=1S/C19H31N3O4S/c1-15-5-6-16(17(11-15)26-10-9-25-3)12-21-18(20-2)22-13-19(7-8-19)14-27(4,23)24/h5-6,11H,7-10,12-14H2,1-4H3,(H2,20,21,22). The van der Waals surface area contributed by atoms with Gasteiger partial charge in [-0.25, -0.2) is 8.42 Å². The molecule has 2 rings (SSSR count). The van der Waals surface area contributed by atoms with Crippen LogP contribution in [0.1, 0.15) is 24.0 Å². The maximum Gasteiger partial charge on any atom is 0.191 e. The lowest BCUT2D eigenvalue weighted by Crippen LogP contribution is -2.41. The van der Waals surface area contributed by atoms with Crippen molar-refractivity contribution in [3.63, 3.8) is 0 Å². The number of sulfone groups is 1. The Morgan fingerprint density at radius 1 is 1.26 bits per heavy atom. The molecule has 0 aromatic heterocycles. The maximum atomic E-state index is 11.6. The van der Waals surface area contributed by atoms with E-state index in [1.165, 1.54) is 6.26 Å². The van der Waals surface area contributed by atoms with Crippen LogP contribution >= 0.6 is 0 Å². The van der Waals surface area contributed by atoms with Crippen molar-refractivity contribution in [2.45, 2.75) is 26.3 Å². The lowest BCUT2D eigenvalue weighted by atomic mass is 10.1. The highest BCUT2D eigenvalue weighted by atomic mass is 32.2. The number of rotatable bonds is 10. The third kappa shape index (κ3) is 7.38. The zero-order valence-corrected chi connectivity index (χ0v) is 17.5. The number of nitrogens with one attached hydrogen (secondary N) is 2. The molecule has 2 N–H and O–H groups in total. The van der Waals surface area contributed by atoms with Gasteiger partial charge >= 0.3 is 0 Å². The molecule has 152 valence electrons. The van der Waals surface area contributed by atoms with Crippen molar-refractivity contribution < 1.29 is 17.9 Å². The summed E-state index contributed by atoms with van der Waals surface area (Å²) in [6, 6.07) is 6.08. The van der Waals surface area contributed by atoms with Crippen molar-refractivity contribution in [1.82, 2.24) is 10.6 Å². The van der Waals surface area contributed by atoms with E-state index >= 15 is 0 Å². The monoisotopic (exact) mass is 397 g/mol. The first-order valence-electron chi connectivity index (χ1n) is 9.10. The van der Waals surface area contributed by atoms with Crippen LogP contribution in [0.4, 0.5) is 0 Å². The second-order valence-corrected chi connectivity index (χ2v) is 9.44. The minimum Gasteiger partial charge on any atom is -0.491 e. The van der Waals surface area contributed by atoms with Crippen LogP contribution in [-0.2, 0) is 21.1 Å². The van der Waals surface area contributed by atoms with Crippen molar-refractivity contribution >= 4 is 15.8 Å². The van der Waals surface area contributed by atoms with Crippen LogP contribution in [0.3, 0.4) is 0 Å². The zero-order chi connectivity index (χ0) is 19.9. The smallest absolute Gasteiger partial charge is 0.191 e. The summed E-state index contributed by atoms with van der Waals surface area (Å²) in [7, 11) is 0.375. The van der Waals surface area contributed by atoms with E-state index in [1.807, 2.05) is 25.1 Å². The van der Waals surface area contributed by atoms with Gasteiger partial charge < -0.3 is 20.1 Å². The van der Waals surface area contributed by atoms with E-state index in [0.29, 0.717) is 32.3 Å². The zero-order valence-electron chi connectivity index (χ0n) is 16.7. The summed E-state index contributed by atoms with van der Waals surface area (Å²) in [5.41, 5.74) is 2.01. The molecule has 0 amide bonds. The van der Waals surface area contributed by atoms with Gasteiger partial charge in [0.1, 0.15) is 22.2 Å². The van der Waals surface area contributed by atoms with Gasteiger partial charge in [0.15, 0.2) is 5.96 Å². The molecular weight excluding hydrogens is 366 g/mol. The Bertz CT molecular complexity index is 758. The number of aliphatic imine (C=N–C) groups is 1. The van der Waals surface area contributed by atoms with Gasteiger partial charge in [-0.2, -0.15) is 0 Å². The Kier molecular flexibility index (Phi) is 7.49. The van der Waals surface area contributed by atoms with E-state index in [1.54, 1.807) is 14.2 Å². The average Bonchev–Trinajstić information content (AvgIpc) is 3.34. The van der Waals surface area contributed by atoms with Crippen LogP contribution < -0.4 is 15.4 Å². The van der Waals surface area contributed by atoms with Gasteiger partial charge in [-0.1, -0.05) is 12.1 Å².